The molecule has 4 rings (SSSR count). The summed E-state index contributed by atoms with van der Waals surface area (Å²) < 4.78 is 5.47. The zero-order valence-electron chi connectivity index (χ0n) is 21.0. The summed E-state index contributed by atoms with van der Waals surface area (Å²) in [6.45, 7) is 6.70. The maximum Gasteiger partial charge on any atom is 0.408 e. The fourth-order valence-corrected chi connectivity index (χ4v) is 6.09. The van der Waals surface area contributed by atoms with Gasteiger partial charge in [0.15, 0.2) is 5.78 Å². The summed E-state index contributed by atoms with van der Waals surface area (Å²) >= 11 is 0. The van der Waals surface area contributed by atoms with Crippen LogP contribution in [-0.2, 0) is 14.9 Å². The first kappa shape index (κ1) is 24.7. The average Bonchev–Trinajstić information content (AvgIpc) is 3.07. The van der Waals surface area contributed by atoms with Crippen LogP contribution in [0.15, 0.2) is 24.3 Å². The number of amides is 2. The molecule has 186 valence electrons. The molecule has 0 unspecified atom stereocenters. The number of piperidine rings is 1. The van der Waals surface area contributed by atoms with Gasteiger partial charge in [-0.05, 0) is 57.9 Å². The van der Waals surface area contributed by atoms with Crippen LogP contribution >= 0.6 is 0 Å². The first-order valence-electron chi connectivity index (χ1n) is 13.1. The Labute approximate surface area is 203 Å². The van der Waals surface area contributed by atoms with Gasteiger partial charge < -0.3 is 15.0 Å². The van der Waals surface area contributed by atoms with E-state index in [2.05, 4.69) is 11.4 Å². The molecule has 6 nitrogen and oxygen atoms in total. The third-order valence-corrected chi connectivity index (χ3v) is 7.91. The van der Waals surface area contributed by atoms with Gasteiger partial charge >= 0.3 is 6.09 Å². The van der Waals surface area contributed by atoms with Crippen molar-refractivity contribution in [2.45, 2.75) is 102 Å². The van der Waals surface area contributed by atoms with Crippen LogP contribution in [0.1, 0.15) is 101 Å². The number of benzene rings is 1. The van der Waals surface area contributed by atoms with E-state index in [1.54, 1.807) is 0 Å². The van der Waals surface area contributed by atoms with Crippen molar-refractivity contribution in [2.24, 2.45) is 5.92 Å². The van der Waals surface area contributed by atoms with Crippen LogP contribution in [0.5, 0.6) is 0 Å². The van der Waals surface area contributed by atoms with Gasteiger partial charge in [0.05, 0.1) is 0 Å². The lowest BCUT2D eigenvalue weighted by atomic mass is 9.73. The molecule has 0 radical (unpaired) electrons. The Balaban J connectivity index is 1.41. The SMILES string of the molecule is CC(C)(C)OC(=O)N[C@H](CCC1CCCCC1)C(=O)N1CCC2(CC1)CC(=O)c1ccccc12. The molecule has 0 bridgehead atoms. The van der Waals surface area contributed by atoms with Crippen molar-refractivity contribution in [1.29, 1.82) is 0 Å². The highest BCUT2D eigenvalue weighted by molar-refractivity contribution is 6.02. The van der Waals surface area contributed by atoms with Gasteiger partial charge in [-0.25, -0.2) is 4.79 Å². The van der Waals surface area contributed by atoms with Crippen LogP contribution < -0.4 is 5.32 Å². The molecule has 1 aromatic carbocycles. The number of carbonyl (C=O) groups excluding carboxylic acids is 3. The van der Waals surface area contributed by atoms with E-state index in [1.807, 2.05) is 43.9 Å². The van der Waals surface area contributed by atoms with Gasteiger partial charge in [-0.2, -0.15) is 0 Å². The van der Waals surface area contributed by atoms with Crippen molar-refractivity contribution >= 4 is 17.8 Å². The molecule has 2 fully saturated rings. The second-order valence-corrected chi connectivity index (χ2v) is 11.5. The number of ether oxygens (including phenoxy) is 1. The fourth-order valence-electron chi connectivity index (χ4n) is 6.09. The number of alkyl carbamates (subject to hydrolysis) is 1. The lowest BCUT2D eigenvalue weighted by Crippen LogP contribution is -2.53. The number of nitrogens with zero attached hydrogens (tertiary/aromatic N) is 1. The summed E-state index contributed by atoms with van der Waals surface area (Å²) in [6, 6.07) is 7.37. The molecule has 1 N–H and O–H groups in total. The van der Waals surface area contributed by atoms with Gasteiger partial charge in [0.2, 0.25) is 5.91 Å². The van der Waals surface area contributed by atoms with Gasteiger partial charge in [-0.3, -0.25) is 9.59 Å². The first-order chi connectivity index (χ1) is 16.2. The van der Waals surface area contributed by atoms with E-state index in [-0.39, 0.29) is 17.1 Å². The molecule has 3 aliphatic rings. The van der Waals surface area contributed by atoms with Crippen molar-refractivity contribution in [3.05, 3.63) is 35.4 Å². The van der Waals surface area contributed by atoms with Crippen LogP contribution in [0.2, 0.25) is 0 Å². The quantitative estimate of drug-likeness (QED) is 0.629. The number of fused-ring (bicyclic) bond motifs is 2. The van der Waals surface area contributed by atoms with E-state index in [0.717, 1.165) is 30.4 Å². The number of nitrogens with one attached hydrogen (secondary N) is 1. The molecule has 1 saturated carbocycles. The third-order valence-electron chi connectivity index (χ3n) is 7.91. The smallest absolute Gasteiger partial charge is 0.408 e. The topological polar surface area (TPSA) is 75.7 Å². The minimum atomic E-state index is -0.610. The van der Waals surface area contributed by atoms with Crippen molar-refractivity contribution < 1.29 is 19.1 Å². The van der Waals surface area contributed by atoms with Crippen molar-refractivity contribution in [2.75, 3.05) is 13.1 Å². The summed E-state index contributed by atoms with van der Waals surface area (Å²) in [5, 5.41) is 2.89. The summed E-state index contributed by atoms with van der Waals surface area (Å²) in [6.07, 6.45) is 9.42. The number of rotatable bonds is 5. The Morgan fingerprint density at radius 1 is 1.12 bits per heavy atom. The van der Waals surface area contributed by atoms with E-state index >= 15 is 0 Å². The van der Waals surface area contributed by atoms with Crippen LogP contribution in [-0.4, -0.2) is 47.4 Å². The maximum atomic E-state index is 13.6. The Kier molecular flexibility index (Phi) is 7.34. The van der Waals surface area contributed by atoms with E-state index in [9.17, 15) is 14.4 Å². The number of hydrogen-bond acceptors (Lipinski definition) is 4. The highest BCUT2D eigenvalue weighted by atomic mass is 16.6. The molecule has 1 saturated heterocycles. The van der Waals surface area contributed by atoms with Crippen LogP contribution in [0.4, 0.5) is 4.79 Å². The zero-order valence-corrected chi connectivity index (χ0v) is 21.0. The van der Waals surface area contributed by atoms with Crippen molar-refractivity contribution in [3.8, 4) is 0 Å². The van der Waals surface area contributed by atoms with Gasteiger partial charge in [0, 0.05) is 30.5 Å². The highest BCUT2D eigenvalue weighted by Gasteiger charge is 2.46. The maximum absolute atomic E-state index is 13.6. The Morgan fingerprint density at radius 3 is 2.47 bits per heavy atom. The van der Waals surface area contributed by atoms with E-state index in [4.69, 9.17) is 4.74 Å². The summed E-state index contributed by atoms with van der Waals surface area (Å²) in [7, 11) is 0. The first-order valence-corrected chi connectivity index (χ1v) is 13.1. The van der Waals surface area contributed by atoms with Gasteiger partial charge in [-0.15, -0.1) is 0 Å². The van der Waals surface area contributed by atoms with E-state index in [0.29, 0.717) is 31.8 Å². The van der Waals surface area contributed by atoms with Crippen LogP contribution in [0.25, 0.3) is 0 Å². The molecular formula is C28H40N2O4. The van der Waals surface area contributed by atoms with Gasteiger partial charge in [0.25, 0.3) is 0 Å². The lowest BCUT2D eigenvalue weighted by molar-refractivity contribution is -0.135. The van der Waals surface area contributed by atoms with Crippen molar-refractivity contribution in [1.82, 2.24) is 10.2 Å². The predicted octanol–water partition coefficient (Wildman–Crippen LogP) is 5.39. The Bertz CT molecular complexity index is 905. The number of hydrogen-bond donors (Lipinski definition) is 1. The fraction of sp³-hybridized carbons (Fsp3) is 0.679. The van der Waals surface area contributed by atoms with Crippen LogP contribution in [0.3, 0.4) is 0 Å². The van der Waals surface area contributed by atoms with Crippen molar-refractivity contribution in [3.63, 3.8) is 0 Å². The molecule has 1 atom stereocenters. The molecule has 1 aliphatic heterocycles. The molecule has 2 aliphatic carbocycles. The second-order valence-electron chi connectivity index (χ2n) is 11.5. The molecule has 1 heterocycles. The highest BCUT2D eigenvalue weighted by Crippen LogP contribution is 2.46. The molecule has 34 heavy (non-hydrogen) atoms. The molecule has 2 amide bonds. The van der Waals surface area contributed by atoms with Crippen LogP contribution in [0, 0.1) is 5.92 Å². The van der Waals surface area contributed by atoms with E-state index < -0.39 is 17.7 Å². The minimum absolute atomic E-state index is 0.0193. The number of ketones is 1. The molecule has 1 aromatic rings. The molecule has 1 spiro atoms. The Morgan fingerprint density at radius 2 is 1.79 bits per heavy atom. The lowest BCUT2D eigenvalue weighted by Gasteiger charge is -2.41. The number of carbonyl (C=O) groups is 3. The largest absolute Gasteiger partial charge is 0.444 e. The zero-order chi connectivity index (χ0) is 24.3. The summed E-state index contributed by atoms with van der Waals surface area (Å²) in [5.41, 5.74) is 1.23. The van der Waals surface area contributed by atoms with E-state index in [1.165, 1.54) is 32.1 Å². The summed E-state index contributed by atoms with van der Waals surface area (Å²) in [5.74, 6) is 0.830. The predicted molar refractivity (Wildman–Crippen MR) is 132 cm³/mol. The molecule has 0 aromatic heterocycles. The molecular weight excluding hydrogens is 428 g/mol. The minimum Gasteiger partial charge on any atom is -0.444 e. The molecule has 6 heteroatoms. The monoisotopic (exact) mass is 468 g/mol. The van der Waals surface area contributed by atoms with Gasteiger partial charge in [-0.1, -0.05) is 56.4 Å². The standard InChI is InChI=1S/C28H40N2O4/c1-27(2,3)34-26(33)29-23(14-13-20-9-5-4-6-10-20)25(32)30-17-15-28(16-18-30)19-24(31)21-11-7-8-12-22(21)28/h7-8,11-12,20,23H,4-6,9-10,13-19H2,1-3H3,(H,29,33)/t23-/m1/s1. The summed E-state index contributed by atoms with van der Waals surface area (Å²) in [4.78, 5) is 40.6. The Hall–Kier alpha value is -2.37. The van der Waals surface area contributed by atoms with Gasteiger partial charge in [0.1, 0.15) is 11.6 Å². The third kappa shape index (κ3) is 5.64. The second kappa shape index (κ2) is 10.1. The normalized spacial score (nSPS) is 21.3. The number of Topliss-reactive ketones (excluding diaryl/α,β-unsaturated/α-hetero) is 1. The number of likely N-dealkylation sites (tertiary alicyclic amines) is 1. The average molecular weight is 469 g/mol.